The van der Waals surface area contributed by atoms with E-state index in [0.717, 1.165) is 12.8 Å². The minimum absolute atomic E-state index is 0. The van der Waals surface area contributed by atoms with Crippen molar-refractivity contribution in [2.75, 3.05) is 0 Å². The van der Waals surface area contributed by atoms with Gasteiger partial charge in [0.2, 0.25) is 0 Å². The van der Waals surface area contributed by atoms with Gasteiger partial charge in [-0.2, -0.15) is 0 Å². The molecule has 1 aliphatic carbocycles. The Bertz CT molecular complexity index is 1100. The first kappa shape index (κ1) is 28.3. The smallest absolute Gasteiger partial charge is 0.136 e. The average molecular weight is 562 g/mol. The predicted octanol–water partition coefficient (Wildman–Crippen LogP) is 4.19. The maximum Gasteiger partial charge on any atom is 0.136 e. The SMILES string of the molecule is CC(/C=C/[P+](c1ccccc1)(c1ccccc1)c1ccccc1)=C\C=C1/[C@H](C)C[C@@H](O)CC1(C)C.[Br-]. The van der Waals surface area contributed by atoms with Crippen LogP contribution in [0, 0.1) is 11.3 Å². The number of rotatable bonds is 6. The lowest BCUT2D eigenvalue weighted by Crippen LogP contribution is -3.00. The Morgan fingerprint density at radius 1 is 0.833 bits per heavy atom. The number of hydrogen-bond acceptors (Lipinski definition) is 1. The van der Waals surface area contributed by atoms with Crippen molar-refractivity contribution in [2.45, 2.75) is 46.6 Å². The summed E-state index contributed by atoms with van der Waals surface area (Å²) in [5.74, 6) is 2.86. The summed E-state index contributed by atoms with van der Waals surface area (Å²) in [5.41, 5.74) is 2.69. The van der Waals surface area contributed by atoms with Crippen molar-refractivity contribution in [1.82, 2.24) is 0 Å². The molecule has 2 atom stereocenters. The fourth-order valence-electron chi connectivity index (χ4n) is 5.58. The van der Waals surface area contributed by atoms with Crippen molar-refractivity contribution in [1.29, 1.82) is 0 Å². The van der Waals surface area contributed by atoms with Crippen molar-refractivity contribution in [3.63, 3.8) is 0 Å². The molecule has 0 radical (unpaired) electrons. The van der Waals surface area contributed by atoms with Gasteiger partial charge in [-0.05, 0) is 79.1 Å². The molecule has 0 heterocycles. The molecule has 0 spiro atoms. The molecule has 188 valence electrons. The van der Waals surface area contributed by atoms with E-state index >= 15 is 0 Å². The third-order valence-electron chi connectivity index (χ3n) is 7.26. The maximum absolute atomic E-state index is 10.3. The Morgan fingerprint density at radius 3 is 1.69 bits per heavy atom. The highest BCUT2D eigenvalue weighted by atomic mass is 79.9. The van der Waals surface area contributed by atoms with Crippen molar-refractivity contribution in [3.05, 3.63) is 126 Å². The molecule has 1 N–H and O–H groups in total. The fraction of sp³-hybridized carbons (Fsp3) is 0.273. The van der Waals surface area contributed by atoms with Gasteiger partial charge in [0.1, 0.15) is 23.2 Å². The van der Waals surface area contributed by atoms with E-state index in [4.69, 9.17) is 0 Å². The summed E-state index contributed by atoms with van der Waals surface area (Å²) >= 11 is 0. The van der Waals surface area contributed by atoms with Gasteiger partial charge in [-0.1, -0.05) is 93.1 Å². The number of aliphatic hydroxyl groups is 1. The van der Waals surface area contributed by atoms with Gasteiger partial charge < -0.3 is 22.1 Å². The Morgan fingerprint density at radius 2 is 1.28 bits per heavy atom. The van der Waals surface area contributed by atoms with Crippen LogP contribution in [0.15, 0.2) is 126 Å². The minimum Gasteiger partial charge on any atom is -1.00 e. The summed E-state index contributed by atoms with van der Waals surface area (Å²) in [7, 11) is -1.98. The second kappa shape index (κ2) is 12.3. The lowest BCUT2D eigenvalue weighted by molar-refractivity contribution is -0.0000134. The van der Waals surface area contributed by atoms with E-state index in [9.17, 15) is 5.11 Å². The van der Waals surface area contributed by atoms with E-state index in [0.29, 0.717) is 5.92 Å². The van der Waals surface area contributed by atoms with E-state index < -0.39 is 7.26 Å². The Kier molecular flexibility index (Phi) is 9.70. The molecule has 0 unspecified atom stereocenters. The molecule has 0 aliphatic heterocycles. The molecule has 3 aromatic rings. The van der Waals surface area contributed by atoms with E-state index in [1.165, 1.54) is 27.1 Å². The molecule has 36 heavy (non-hydrogen) atoms. The minimum atomic E-state index is -1.98. The highest BCUT2D eigenvalue weighted by Gasteiger charge is 2.43. The molecule has 1 saturated carbocycles. The van der Waals surface area contributed by atoms with Crippen molar-refractivity contribution in [3.8, 4) is 0 Å². The molecule has 1 aliphatic rings. The average Bonchev–Trinajstić information content (AvgIpc) is 2.85. The summed E-state index contributed by atoms with van der Waals surface area (Å²) in [6.07, 6.45) is 8.36. The van der Waals surface area contributed by atoms with Gasteiger partial charge in [0.05, 0.1) is 11.9 Å². The van der Waals surface area contributed by atoms with Crippen molar-refractivity contribution >= 4 is 23.2 Å². The normalized spacial score (nSPS) is 21.4. The number of hydrogen-bond donors (Lipinski definition) is 1. The van der Waals surface area contributed by atoms with Gasteiger partial charge in [0.25, 0.3) is 0 Å². The molecule has 0 amide bonds. The largest absolute Gasteiger partial charge is 1.00 e. The first-order chi connectivity index (χ1) is 16.8. The molecule has 3 aromatic carbocycles. The Labute approximate surface area is 228 Å². The van der Waals surface area contributed by atoms with Gasteiger partial charge >= 0.3 is 0 Å². The summed E-state index contributed by atoms with van der Waals surface area (Å²) in [5, 5.41) is 14.3. The first-order valence-corrected chi connectivity index (χ1v) is 14.5. The predicted molar refractivity (Wildman–Crippen MR) is 154 cm³/mol. The number of aliphatic hydroxyl groups excluding tert-OH is 1. The zero-order valence-electron chi connectivity index (χ0n) is 21.8. The third-order valence-corrected chi connectivity index (χ3v) is 11.2. The highest BCUT2D eigenvalue weighted by Crippen LogP contribution is 2.57. The topological polar surface area (TPSA) is 20.2 Å². The molecular weight excluding hydrogens is 523 g/mol. The molecule has 0 aromatic heterocycles. The zero-order chi connectivity index (χ0) is 24.9. The van der Waals surface area contributed by atoms with Crippen LogP contribution >= 0.6 is 7.26 Å². The van der Waals surface area contributed by atoms with E-state index in [1.54, 1.807) is 0 Å². The number of benzene rings is 3. The van der Waals surface area contributed by atoms with Gasteiger partial charge in [-0.25, -0.2) is 0 Å². The van der Waals surface area contributed by atoms with Crippen LogP contribution in [0.3, 0.4) is 0 Å². The van der Waals surface area contributed by atoms with Crippen LogP contribution in [-0.4, -0.2) is 11.2 Å². The van der Waals surface area contributed by atoms with Crippen LogP contribution in [-0.2, 0) is 0 Å². The summed E-state index contributed by atoms with van der Waals surface area (Å²) in [6, 6.07) is 32.8. The maximum atomic E-state index is 10.3. The quantitative estimate of drug-likeness (QED) is 0.354. The lowest BCUT2D eigenvalue weighted by Gasteiger charge is -2.40. The van der Waals surface area contributed by atoms with Gasteiger partial charge in [-0.15, -0.1) is 0 Å². The molecule has 4 rings (SSSR count). The molecule has 3 heteroatoms. The molecule has 1 fully saturated rings. The lowest BCUT2D eigenvalue weighted by atomic mass is 9.67. The van der Waals surface area contributed by atoms with Crippen molar-refractivity contribution < 1.29 is 22.1 Å². The summed E-state index contributed by atoms with van der Waals surface area (Å²) in [6.45, 7) is 8.95. The highest BCUT2D eigenvalue weighted by molar-refractivity contribution is 7.98. The van der Waals surface area contributed by atoms with Crippen LogP contribution in [0.25, 0.3) is 0 Å². The van der Waals surface area contributed by atoms with Gasteiger partial charge in [-0.3, -0.25) is 0 Å². The molecule has 0 bridgehead atoms. The third kappa shape index (κ3) is 6.17. The van der Waals surface area contributed by atoms with E-state index in [2.05, 4.69) is 143 Å². The Balaban J connectivity index is 0.00000361. The number of halogens is 1. The number of allylic oxidation sites excluding steroid dienone is 5. The van der Waals surface area contributed by atoms with Crippen molar-refractivity contribution in [2.24, 2.45) is 11.3 Å². The zero-order valence-corrected chi connectivity index (χ0v) is 24.3. The van der Waals surface area contributed by atoms with E-state index in [1.807, 2.05) is 0 Å². The Hall–Kier alpha value is -2.25. The second-order valence-corrected chi connectivity index (χ2v) is 13.7. The van der Waals surface area contributed by atoms with Gasteiger partial charge in [0, 0.05) is 0 Å². The van der Waals surface area contributed by atoms with Crippen LogP contribution in [0.2, 0.25) is 0 Å². The van der Waals surface area contributed by atoms with Crippen LogP contribution in [0.5, 0.6) is 0 Å². The summed E-state index contributed by atoms with van der Waals surface area (Å²) in [4.78, 5) is 0. The first-order valence-electron chi connectivity index (χ1n) is 12.6. The fourth-order valence-corrected chi connectivity index (χ4v) is 9.38. The molecule has 1 nitrogen and oxygen atoms in total. The molecular formula is C33H38BrOP. The second-order valence-electron chi connectivity index (χ2n) is 10.5. The summed E-state index contributed by atoms with van der Waals surface area (Å²) < 4.78 is 0. The monoisotopic (exact) mass is 560 g/mol. The standard InChI is InChI=1S/C33H38OP.BrH/c1-26(20-21-32-27(2)24-28(34)25-33(32,3)4)22-23-35(29-14-8-5-9-15-29,30-16-10-6-11-17-30)31-18-12-7-13-19-31;/h5-23,27-28,34H,24-25H2,1-4H3;1H/q+1;/p-1/b23-22+,26-20+,32-21+;/t27-,28-;/m1./s1. The van der Waals surface area contributed by atoms with Crippen LogP contribution < -0.4 is 32.9 Å². The van der Waals surface area contributed by atoms with Crippen LogP contribution in [0.1, 0.15) is 40.5 Å². The molecule has 0 saturated heterocycles. The van der Waals surface area contributed by atoms with E-state index in [-0.39, 0.29) is 28.5 Å². The van der Waals surface area contributed by atoms with Crippen LogP contribution in [0.4, 0.5) is 0 Å². The van der Waals surface area contributed by atoms with Gasteiger partial charge in [0.15, 0.2) is 0 Å².